The van der Waals surface area contributed by atoms with Crippen LogP contribution in [0.3, 0.4) is 0 Å². The summed E-state index contributed by atoms with van der Waals surface area (Å²) in [5.74, 6) is 1.36. The van der Waals surface area contributed by atoms with Gasteiger partial charge in [-0.1, -0.05) is 53.0 Å². The first-order valence-corrected chi connectivity index (χ1v) is 11.0. The number of benzene rings is 2. The molecule has 0 aliphatic heterocycles. The fourth-order valence-corrected chi connectivity index (χ4v) is 4.47. The monoisotopic (exact) mass is 423 g/mol. The van der Waals surface area contributed by atoms with E-state index < -0.39 is 10.0 Å². The van der Waals surface area contributed by atoms with E-state index in [1.807, 2.05) is 12.1 Å². The van der Waals surface area contributed by atoms with Gasteiger partial charge in [0.2, 0.25) is 10.0 Å². The summed E-state index contributed by atoms with van der Waals surface area (Å²) < 4.78 is 26.6. The molecule has 24 heavy (non-hydrogen) atoms. The second-order valence-corrected chi connectivity index (χ2v) is 9.24. The summed E-state index contributed by atoms with van der Waals surface area (Å²) in [5, 5.41) is 1.64. The van der Waals surface area contributed by atoms with Crippen molar-refractivity contribution in [1.82, 2.24) is 4.72 Å². The first-order valence-electron chi connectivity index (χ1n) is 7.09. The van der Waals surface area contributed by atoms with Crippen molar-refractivity contribution < 1.29 is 8.42 Å². The number of hydrogen-bond acceptors (Lipinski definition) is 3. The van der Waals surface area contributed by atoms with E-state index in [4.69, 9.17) is 34.8 Å². The number of nitrogens with one attached hydrogen (secondary N) is 1. The lowest BCUT2D eigenvalue weighted by atomic mass is 10.2. The Hall–Kier alpha value is -0.430. The van der Waals surface area contributed by atoms with E-state index >= 15 is 0 Å². The predicted octanol–water partition coefficient (Wildman–Crippen LogP) is 5.00. The molecule has 0 aromatic heterocycles. The molecule has 8 heteroatoms. The highest BCUT2D eigenvalue weighted by atomic mass is 35.5. The molecule has 0 radical (unpaired) electrons. The van der Waals surface area contributed by atoms with Gasteiger partial charge in [0.05, 0.1) is 15.8 Å². The summed E-state index contributed by atoms with van der Waals surface area (Å²) >= 11 is 19.2. The molecule has 0 unspecified atom stereocenters. The molecular formula is C16H16Cl3NO2S2. The quantitative estimate of drug-likeness (QED) is 0.607. The number of sulfonamides is 1. The number of rotatable bonds is 8. The van der Waals surface area contributed by atoms with Gasteiger partial charge in [-0.25, -0.2) is 13.1 Å². The highest BCUT2D eigenvalue weighted by Gasteiger charge is 2.10. The van der Waals surface area contributed by atoms with Gasteiger partial charge in [-0.3, -0.25) is 0 Å². The van der Waals surface area contributed by atoms with Gasteiger partial charge in [0, 0.05) is 23.1 Å². The van der Waals surface area contributed by atoms with E-state index in [2.05, 4.69) is 4.72 Å². The van der Waals surface area contributed by atoms with Gasteiger partial charge in [0.15, 0.2) is 0 Å². The Morgan fingerprint density at radius 2 is 1.58 bits per heavy atom. The number of thioether (sulfide) groups is 1. The largest absolute Gasteiger partial charge is 0.215 e. The van der Waals surface area contributed by atoms with Crippen LogP contribution in [-0.2, 0) is 21.5 Å². The van der Waals surface area contributed by atoms with Crippen molar-refractivity contribution in [3.05, 3.63) is 68.7 Å². The van der Waals surface area contributed by atoms with E-state index in [0.717, 1.165) is 11.3 Å². The molecule has 0 heterocycles. The third-order valence-corrected chi connectivity index (χ3v) is 6.47. The highest BCUT2D eigenvalue weighted by molar-refractivity contribution is 7.98. The Morgan fingerprint density at radius 1 is 0.917 bits per heavy atom. The second-order valence-electron chi connectivity index (χ2n) is 5.08. The minimum absolute atomic E-state index is 0.0539. The molecule has 0 aliphatic carbocycles. The molecule has 0 fully saturated rings. The lowest BCUT2D eigenvalue weighted by Gasteiger charge is -2.07. The molecular weight excluding hydrogens is 409 g/mol. The van der Waals surface area contributed by atoms with E-state index in [1.165, 1.54) is 0 Å². The zero-order valence-electron chi connectivity index (χ0n) is 12.6. The van der Waals surface area contributed by atoms with Gasteiger partial charge in [0.25, 0.3) is 0 Å². The van der Waals surface area contributed by atoms with E-state index in [1.54, 1.807) is 42.1 Å². The zero-order chi connectivity index (χ0) is 17.6. The van der Waals surface area contributed by atoms with Crippen LogP contribution in [0.15, 0.2) is 42.5 Å². The normalized spacial score (nSPS) is 11.6. The maximum atomic E-state index is 12.0. The molecule has 0 amide bonds. The van der Waals surface area contributed by atoms with Gasteiger partial charge in [-0.05, 0) is 35.4 Å². The molecule has 2 aromatic carbocycles. The van der Waals surface area contributed by atoms with Crippen molar-refractivity contribution in [3.63, 3.8) is 0 Å². The van der Waals surface area contributed by atoms with Crippen LogP contribution in [0, 0.1) is 0 Å². The summed E-state index contributed by atoms with van der Waals surface area (Å²) in [6.45, 7) is 0.377. The minimum Gasteiger partial charge on any atom is -0.214 e. The van der Waals surface area contributed by atoms with E-state index in [9.17, 15) is 8.42 Å². The van der Waals surface area contributed by atoms with Crippen molar-refractivity contribution in [2.75, 3.05) is 12.3 Å². The standard InChI is InChI=1S/C16H16Cl3NO2S2/c17-14-4-1-12(2-5-14)11-24(21,22)20-7-8-23-10-13-3-6-15(18)16(19)9-13/h1-6,9,20H,7-8,10-11H2. The molecule has 2 aromatic rings. The molecule has 2 rings (SSSR count). The average Bonchev–Trinajstić information content (AvgIpc) is 2.52. The van der Waals surface area contributed by atoms with Crippen molar-refractivity contribution in [2.24, 2.45) is 0 Å². The maximum absolute atomic E-state index is 12.0. The van der Waals surface area contributed by atoms with E-state index in [0.29, 0.717) is 32.9 Å². The molecule has 0 saturated carbocycles. The fraction of sp³-hybridized carbons (Fsp3) is 0.250. The van der Waals surface area contributed by atoms with Gasteiger partial charge in [-0.15, -0.1) is 0 Å². The maximum Gasteiger partial charge on any atom is 0.215 e. The van der Waals surface area contributed by atoms with Gasteiger partial charge < -0.3 is 0 Å². The van der Waals surface area contributed by atoms with Crippen LogP contribution in [0.1, 0.15) is 11.1 Å². The van der Waals surface area contributed by atoms with E-state index in [-0.39, 0.29) is 5.75 Å². The van der Waals surface area contributed by atoms with Crippen LogP contribution in [-0.4, -0.2) is 20.7 Å². The van der Waals surface area contributed by atoms with Crippen LogP contribution in [0.5, 0.6) is 0 Å². The van der Waals surface area contributed by atoms with Gasteiger partial charge >= 0.3 is 0 Å². The molecule has 0 aliphatic rings. The number of hydrogen-bond donors (Lipinski definition) is 1. The Balaban J connectivity index is 1.72. The van der Waals surface area contributed by atoms with Crippen molar-refractivity contribution >= 4 is 56.6 Å². The molecule has 3 nitrogen and oxygen atoms in total. The molecule has 0 atom stereocenters. The SMILES string of the molecule is O=S(=O)(Cc1ccc(Cl)cc1)NCCSCc1ccc(Cl)c(Cl)c1. The summed E-state index contributed by atoms with van der Waals surface area (Å²) in [4.78, 5) is 0. The smallest absolute Gasteiger partial charge is 0.214 e. The Kier molecular flexibility index (Phi) is 7.72. The molecule has 1 N–H and O–H groups in total. The lowest BCUT2D eigenvalue weighted by Crippen LogP contribution is -2.27. The van der Waals surface area contributed by atoms with Gasteiger partial charge in [0.1, 0.15) is 0 Å². The summed E-state index contributed by atoms with van der Waals surface area (Å²) in [6.07, 6.45) is 0. The summed E-state index contributed by atoms with van der Waals surface area (Å²) in [5.41, 5.74) is 1.76. The second kappa shape index (κ2) is 9.32. The Bertz CT molecular complexity index is 780. The fourth-order valence-electron chi connectivity index (χ4n) is 1.94. The van der Waals surface area contributed by atoms with Crippen molar-refractivity contribution in [2.45, 2.75) is 11.5 Å². The average molecular weight is 425 g/mol. The number of halogens is 3. The minimum atomic E-state index is -3.35. The molecule has 130 valence electrons. The zero-order valence-corrected chi connectivity index (χ0v) is 16.5. The van der Waals surface area contributed by atoms with Crippen molar-refractivity contribution in [1.29, 1.82) is 0 Å². The predicted molar refractivity (Wildman–Crippen MR) is 105 cm³/mol. The third-order valence-electron chi connectivity index (χ3n) is 3.09. The Morgan fingerprint density at radius 3 is 2.25 bits per heavy atom. The van der Waals surface area contributed by atoms with Crippen LogP contribution in [0.2, 0.25) is 15.1 Å². The first-order chi connectivity index (χ1) is 11.4. The third kappa shape index (κ3) is 6.82. The van der Waals surface area contributed by atoms with Crippen LogP contribution >= 0.6 is 46.6 Å². The summed E-state index contributed by atoms with van der Waals surface area (Å²) in [7, 11) is -3.35. The Labute approximate surface area is 161 Å². The summed E-state index contributed by atoms with van der Waals surface area (Å²) in [6, 6.07) is 12.3. The van der Waals surface area contributed by atoms with Gasteiger partial charge in [-0.2, -0.15) is 11.8 Å². The van der Waals surface area contributed by atoms with Crippen LogP contribution in [0.4, 0.5) is 0 Å². The topological polar surface area (TPSA) is 46.2 Å². The molecule has 0 bridgehead atoms. The van der Waals surface area contributed by atoms with Crippen LogP contribution in [0.25, 0.3) is 0 Å². The first kappa shape index (κ1) is 19.9. The lowest BCUT2D eigenvalue weighted by molar-refractivity contribution is 0.583. The van der Waals surface area contributed by atoms with Crippen molar-refractivity contribution in [3.8, 4) is 0 Å². The van der Waals surface area contributed by atoms with Crippen LogP contribution < -0.4 is 4.72 Å². The molecule has 0 spiro atoms. The highest BCUT2D eigenvalue weighted by Crippen LogP contribution is 2.24. The molecule has 0 saturated heterocycles.